The zero-order valence-electron chi connectivity index (χ0n) is 22.9. The normalized spacial score (nSPS) is 14.5. The van der Waals surface area contributed by atoms with E-state index in [1.165, 1.54) is 14.2 Å². The molecule has 0 bridgehead atoms. The molecule has 1 aliphatic heterocycles. The van der Waals surface area contributed by atoms with Crippen LogP contribution in [0.1, 0.15) is 41.0 Å². The molecule has 0 fully saturated rings. The summed E-state index contributed by atoms with van der Waals surface area (Å²) in [5.74, 6) is 1.96. The van der Waals surface area contributed by atoms with Crippen molar-refractivity contribution in [1.29, 1.82) is 0 Å². The summed E-state index contributed by atoms with van der Waals surface area (Å²) in [7, 11) is 2.87. The van der Waals surface area contributed by atoms with Crippen molar-refractivity contribution in [3.05, 3.63) is 76.9 Å². The highest BCUT2D eigenvalue weighted by molar-refractivity contribution is 5.72. The molecule has 0 aromatic heterocycles. The van der Waals surface area contributed by atoms with Crippen molar-refractivity contribution in [2.24, 2.45) is 0 Å². The van der Waals surface area contributed by atoms with Crippen LogP contribution in [0.25, 0.3) is 11.1 Å². The van der Waals surface area contributed by atoms with Gasteiger partial charge in [0, 0.05) is 35.9 Å². The fourth-order valence-corrected chi connectivity index (χ4v) is 4.83. The number of hydrogen-bond acceptors (Lipinski definition) is 8. The largest absolute Gasteiger partial charge is 0.493 e. The quantitative estimate of drug-likeness (QED) is 0.127. The van der Waals surface area contributed by atoms with Crippen LogP contribution in [0.2, 0.25) is 0 Å². The highest BCUT2D eigenvalue weighted by Crippen LogP contribution is 2.38. The Kier molecular flexibility index (Phi) is 9.08. The molecule has 1 aliphatic rings. The second-order valence-electron chi connectivity index (χ2n) is 9.79. The molecule has 4 rings (SSSR count). The maximum absolute atomic E-state index is 11.7. The predicted octanol–water partition coefficient (Wildman–Crippen LogP) is 5.09. The van der Waals surface area contributed by atoms with Crippen LogP contribution >= 0.6 is 0 Å². The van der Waals surface area contributed by atoms with Gasteiger partial charge >= 0.3 is 5.97 Å². The standard InChI is InChI=1S/C30H37N2O7/c1-20-13-26(37-12-6-11-32(34,35)31-3)14-21(2)30(20)23-8-5-7-22(15-23)18-38-25-9-10-27-24(16-29(33)36-4)19-39-28(27)17-25/h5,7-10,13-15,17,24,31,34-35H,6,11-12,16,18-19H2,1-4H3/q+1. The predicted molar refractivity (Wildman–Crippen MR) is 145 cm³/mol. The Balaban J connectivity index is 1.39. The van der Waals surface area contributed by atoms with Crippen molar-refractivity contribution < 1.29 is 39.1 Å². The van der Waals surface area contributed by atoms with E-state index in [9.17, 15) is 15.2 Å². The number of rotatable bonds is 12. The number of hydrogen-bond donors (Lipinski definition) is 3. The molecule has 0 saturated heterocycles. The average molecular weight is 538 g/mol. The van der Waals surface area contributed by atoms with Gasteiger partial charge in [-0.1, -0.05) is 24.3 Å². The maximum Gasteiger partial charge on any atom is 0.306 e. The van der Waals surface area contributed by atoms with Crippen molar-refractivity contribution in [2.75, 3.05) is 33.9 Å². The van der Waals surface area contributed by atoms with Gasteiger partial charge in [-0.15, -0.1) is 5.43 Å². The van der Waals surface area contributed by atoms with Crippen LogP contribution in [0.5, 0.6) is 17.2 Å². The van der Waals surface area contributed by atoms with E-state index in [1.54, 1.807) is 0 Å². The maximum atomic E-state index is 11.7. The number of esters is 1. The van der Waals surface area contributed by atoms with Gasteiger partial charge in [0.1, 0.15) is 23.9 Å². The molecule has 9 nitrogen and oxygen atoms in total. The third-order valence-corrected chi connectivity index (χ3v) is 6.87. The first kappa shape index (κ1) is 28.4. The molecule has 3 aromatic rings. The summed E-state index contributed by atoms with van der Waals surface area (Å²) >= 11 is 0. The summed E-state index contributed by atoms with van der Waals surface area (Å²) in [4.78, 5) is 10.4. The summed E-state index contributed by atoms with van der Waals surface area (Å²) in [6, 6.07) is 18.0. The van der Waals surface area contributed by atoms with Crippen LogP contribution in [-0.4, -0.2) is 55.2 Å². The molecule has 1 unspecified atom stereocenters. The smallest absolute Gasteiger partial charge is 0.306 e. The molecular formula is C30H37N2O7+. The van der Waals surface area contributed by atoms with Crippen LogP contribution < -0.4 is 19.6 Å². The second-order valence-corrected chi connectivity index (χ2v) is 9.79. The Morgan fingerprint density at radius 3 is 2.54 bits per heavy atom. The van der Waals surface area contributed by atoms with Crippen LogP contribution in [0.15, 0.2) is 54.6 Å². The Morgan fingerprint density at radius 2 is 1.82 bits per heavy atom. The van der Waals surface area contributed by atoms with Crippen LogP contribution in [-0.2, 0) is 16.1 Å². The number of ether oxygens (including phenoxy) is 4. The number of fused-ring (bicyclic) bond motifs is 1. The van der Waals surface area contributed by atoms with E-state index in [-0.39, 0.29) is 18.4 Å². The lowest BCUT2D eigenvalue weighted by atomic mass is 9.94. The molecule has 1 atom stereocenters. The van der Waals surface area contributed by atoms with E-state index in [0.29, 0.717) is 38.4 Å². The van der Waals surface area contributed by atoms with Crippen LogP contribution in [0, 0.1) is 13.8 Å². The Morgan fingerprint density at radius 1 is 1.05 bits per heavy atom. The minimum atomic E-state index is -1.24. The summed E-state index contributed by atoms with van der Waals surface area (Å²) in [5, 5.41) is 19.1. The number of hydroxylamine groups is 2. The Labute approximate surface area is 229 Å². The van der Waals surface area contributed by atoms with E-state index in [0.717, 1.165) is 44.9 Å². The molecule has 3 aromatic carbocycles. The van der Waals surface area contributed by atoms with E-state index < -0.39 is 4.92 Å². The minimum Gasteiger partial charge on any atom is -0.493 e. The van der Waals surface area contributed by atoms with Gasteiger partial charge in [-0.05, 0) is 65.9 Å². The number of benzene rings is 3. The number of nitrogens with zero attached hydrogens (tertiary/aromatic N) is 1. The van der Waals surface area contributed by atoms with E-state index in [2.05, 4.69) is 31.4 Å². The fraction of sp³-hybridized carbons (Fsp3) is 0.367. The number of aryl methyl sites for hydroxylation is 2. The number of nitrogens with one attached hydrogen (secondary N) is 1. The average Bonchev–Trinajstić information content (AvgIpc) is 3.31. The zero-order valence-corrected chi connectivity index (χ0v) is 22.9. The van der Waals surface area contributed by atoms with Crippen molar-refractivity contribution in [3.8, 4) is 28.4 Å². The fourth-order valence-electron chi connectivity index (χ4n) is 4.83. The lowest BCUT2D eigenvalue weighted by Gasteiger charge is -2.19. The van der Waals surface area contributed by atoms with Crippen LogP contribution in [0.4, 0.5) is 0 Å². The highest BCUT2D eigenvalue weighted by atomic mass is 16.9. The lowest BCUT2D eigenvalue weighted by molar-refractivity contribution is -1.27. The van der Waals surface area contributed by atoms with Gasteiger partial charge in [-0.2, -0.15) is 10.4 Å². The molecule has 1 heterocycles. The van der Waals surface area contributed by atoms with Gasteiger partial charge < -0.3 is 18.9 Å². The van der Waals surface area contributed by atoms with Crippen molar-refractivity contribution >= 4 is 5.97 Å². The van der Waals surface area contributed by atoms with E-state index >= 15 is 0 Å². The lowest BCUT2D eigenvalue weighted by Crippen LogP contribution is -2.51. The molecular weight excluding hydrogens is 500 g/mol. The van der Waals surface area contributed by atoms with E-state index in [4.69, 9.17) is 18.9 Å². The first-order valence-electron chi connectivity index (χ1n) is 13.0. The van der Waals surface area contributed by atoms with Gasteiger partial charge in [-0.3, -0.25) is 4.79 Å². The first-order chi connectivity index (χ1) is 18.7. The molecule has 208 valence electrons. The third kappa shape index (κ3) is 7.27. The molecule has 9 heteroatoms. The summed E-state index contributed by atoms with van der Waals surface area (Å²) in [6.45, 7) is 5.45. The van der Waals surface area contributed by atoms with Gasteiger partial charge in [0.15, 0.2) is 6.54 Å². The number of methoxy groups -OCH3 is 1. The zero-order chi connectivity index (χ0) is 28.0. The van der Waals surface area contributed by atoms with Crippen molar-refractivity contribution in [2.45, 2.75) is 39.2 Å². The monoisotopic (exact) mass is 537 g/mol. The van der Waals surface area contributed by atoms with E-state index in [1.807, 2.05) is 42.5 Å². The van der Waals surface area contributed by atoms with Crippen molar-refractivity contribution in [3.63, 3.8) is 0 Å². The molecule has 39 heavy (non-hydrogen) atoms. The topological polar surface area (TPSA) is 106 Å². The first-order valence-corrected chi connectivity index (χ1v) is 13.0. The summed E-state index contributed by atoms with van der Waals surface area (Å²) in [6.07, 6.45) is 0.771. The van der Waals surface area contributed by atoms with Gasteiger partial charge in [0.2, 0.25) is 0 Å². The number of quaternary nitrogens is 1. The molecule has 0 radical (unpaired) electrons. The summed E-state index contributed by atoms with van der Waals surface area (Å²) in [5.41, 5.74) is 8.84. The van der Waals surface area contributed by atoms with Gasteiger partial charge in [-0.25, -0.2) is 0 Å². The molecule has 0 saturated carbocycles. The van der Waals surface area contributed by atoms with Crippen LogP contribution in [0.3, 0.4) is 0 Å². The number of carbonyl (C=O) groups is 1. The summed E-state index contributed by atoms with van der Waals surface area (Å²) < 4.78 is 22.5. The molecule has 0 amide bonds. The molecule has 3 N–H and O–H groups in total. The minimum absolute atomic E-state index is 0.000364. The second kappa shape index (κ2) is 12.5. The SMILES string of the molecule is CN[N+](O)(O)CCCOc1cc(C)c(-c2cccc(COc3ccc4c(c3)OCC4CC(=O)OC)c2)c(C)c1. The van der Waals surface area contributed by atoms with Gasteiger partial charge in [0.25, 0.3) is 0 Å². The Hall–Kier alpha value is -3.63. The van der Waals surface area contributed by atoms with Gasteiger partial charge in [0.05, 0.1) is 26.7 Å². The number of carbonyl (C=O) groups excluding carboxylic acids is 1. The third-order valence-electron chi connectivity index (χ3n) is 6.87. The van der Waals surface area contributed by atoms with Crippen molar-refractivity contribution in [1.82, 2.24) is 5.43 Å². The Bertz CT molecular complexity index is 1290. The molecule has 0 aliphatic carbocycles. The molecule has 0 spiro atoms. The highest BCUT2D eigenvalue weighted by Gasteiger charge is 2.27.